The number of rotatable bonds is 6. The quantitative estimate of drug-likeness (QED) is 0.822. The van der Waals surface area contributed by atoms with Crippen molar-refractivity contribution in [3.8, 4) is 0 Å². The highest BCUT2D eigenvalue weighted by Gasteiger charge is 2.21. The Balaban J connectivity index is 1.50. The molecule has 0 saturated carbocycles. The van der Waals surface area contributed by atoms with E-state index >= 15 is 0 Å². The standard InChI is InChI=1S/C14H20N6OS2/c1-20-14(18-13(19-20)10-2-4-15-5-3-10)17-12(21)8-22-6-11-7-23-9-16-11/h7,9-10,15H,2-6,8H2,1H3,(H,17,18,19,21). The van der Waals surface area contributed by atoms with E-state index in [1.54, 1.807) is 33.3 Å². The molecule has 2 N–H and O–H groups in total. The number of amides is 1. The van der Waals surface area contributed by atoms with E-state index in [1.165, 1.54) is 0 Å². The lowest BCUT2D eigenvalue weighted by Gasteiger charge is -2.19. The Kier molecular flexibility index (Phi) is 5.63. The summed E-state index contributed by atoms with van der Waals surface area (Å²) in [6, 6.07) is 0. The molecule has 2 aromatic rings. The SMILES string of the molecule is Cn1nc(C2CCNCC2)nc1NC(=O)CSCc1cscn1. The molecule has 1 saturated heterocycles. The van der Waals surface area contributed by atoms with Crippen LogP contribution in [0.2, 0.25) is 0 Å². The lowest BCUT2D eigenvalue weighted by molar-refractivity contribution is -0.113. The fourth-order valence-corrected chi connectivity index (χ4v) is 3.87. The normalized spacial score (nSPS) is 15.7. The number of aromatic nitrogens is 4. The highest BCUT2D eigenvalue weighted by atomic mass is 32.2. The molecular weight excluding hydrogens is 332 g/mol. The minimum atomic E-state index is -0.0578. The summed E-state index contributed by atoms with van der Waals surface area (Å²) in [5.41, 5.74) is 2.82. The van der Waals surface area contributed by atoms with Gasteiger partial charge in [-0.15, -0.1) is 23.1 Å². The van der Waals surface area contributed by atoms with E-state index in [-0.39, 0.29) is 5.91 Å². The zero-order valence-electron chi connectivity index (χ0n) is 13.0. The Bertz CT molecular complexity index is 636. The Morgan fingerprint density at radius 1 is 1.52 bits per heavy atom. The third-order valence-corrected chi connectivity index (χ3v) is 5.30. The molecule has 124 valence electrons. The number of thiazole rings is 1. The molecule has 0 atom stereocenters. The topological polar surface area (TPSA) is 84.7 Å². The van der Waals surface area contributed by atoms with E-state index in [0.29, 0.717) is 17.6 Å². The Morgan fingerprint density at radius 3 is 3.09 bits per heavy atom. The van der Waals surface area contributed by atoms with Crippen molar-refractivity contribution in [2.24, 2.45) is 7.05 Å². The average molecular weight is 352 g/mol. The van der Waals surface area contributed by atoms with Crippen LogP contribution in [-0.2, 0) is 17.6 Å². The van der Waals surface area contributed by atoms with Crippen LogP contribution in [0.25, 0.3) is 0 Å². The second kappa shape index (κ2) is 7.89. The van der Waals surface area contributed by atoms with Gasteiger partial charge in [0.25, 0.3) is 0 Å². The van der Waals surface area contributed by atoms with Gasteiger partial charge in [-0.1, -0.05) is 0 Å². The first-order chi connectivity index (χ1) is 11.2. The highest BCUT2D eigenvalue weighted by Crippen LogP contribution is 2.23. The van der Waals surface area contributed by atoms with E-state index in [4.69, 9.17) is 0 Å². The maximum Gasteiger partial charge on any atom is 0.236 e. The van der Waals surface area contributed by atoms with Gasteiger partial charge < -0.3 is 5.32 Å². The van der Waals surface area contributed by atoms with E-state index in [2.05, 4.69) is 25.7 Å². The lowest BCUT2D eigenvalue weighted by atomic mass is 9.98. The molecule has 1 aliphatic rings. The number of hydrogen-bond donors (Lipinski definition) is 2. The molecule has 0 aliphatic carbocycles. The van der Waals surface area contributed by atoms with Gasteiger partial charge in [-0.25, -0.2) is 9.67 Å². The molecule has 1 aliphatic heterocycles. The van der Waals surface area contributed by atoms with Gasteiger partial charge in [-0.2, -0.15) is 10.1 Å². The van der Waals surface area contributed by atoms with Crippen molar-refractivity contribution in [3.63, 3.8) is 0 Å². The van der Waals surface area contributed by atoms with E-state index in [1.807, 2.05) is 12.4 Å². The summed E-state index contributed by atoms with van der Waals surface area (Å²) in [7, 11) is 1.82. The van der Waals surface area contributed by atoms with Gasteiger partial charge >= 0.3 is 0 Å². The van der Waals surface area contributed by atoms with Crippen molar-refractivity contribution in [1.29, 1.82) is 0 Å². The minimum absolute atomic E-state index is 0.0578. The molecule has 9 heteroatoms. The number of carbonyl (C=O) groups is 1. The molecule has 0 aromatic carbocycles. The second-order valence-electron chi connectivity index (χ2n) is 5.46. The first kappa shape index (κ1) is 16.4. The molecule has 23 heavy (non-hydrogen) atoms. The Morgan fingerprint density at radius 2 is 2.35 bits per heavy atom. The zero-order chi connectivity index (χ0) is 16.1. The summed E-state index contributed by atoms with van der Waals surface area (Å²) in [4.78, 5) is 20.7. The van der Waals surface area contributed by atoms with Crippen molar-refractivity contribution < 1.29 is 4.79 Å². The van der Waals surface area contributed by atoms with Crippen LogP contribution in [0.15, 0.2) is 10.9 Å². The van der Waals surface area contributed by atoms with Crippen molar-refractivity contribution in [2.75, 3.05) is 24.2 Å². The van der Waals surface area contributed by atoms with E-state index in [9.17, 15) is 4.79 Å². The first-order valence-electron chi connectivity index (χ1n) is 7.58. The van der Waals surface area contributed by atoms with Gasteiger partial charge in [-0.3, -0.25) is 10.1 Å². The lowest BCUT2D eigenvalue weighted by Crippen LogP contribution is -2.27. The number of nitrogens with zero attached hydrogens (tertiary/aromatic N) is 4. The molecule has 3 heterocycles. The van der Waals surface area contributed by atoms with Gasteiger partial charge in [0, 0.05) is 24.1 Å². The maximum atomic E-state index is 12.0. The molecule has 2 aromatic heterocycles. The van der Waals surface area contributed by atoms with Crippen molar-refractivity contribution in [2.45, 2.75) is 24.5 Å². The Labute approximate surface area is 143 Å². The van der Waals surface area contributed by atoms with Gasteiger partial charge in [0.2, 0.25) is 11.9 Å². The van der Waals surface area contributed by atoms with Crippen LogP contribution in [0.5, 0.6) is 0 Å². The monoisotopic (exact) mass is 352 g/mol. The predicted octanol–water partition coefficient (Wildman–Crippen LogP) is 1.61. The van der Waals surface area contributed by atoms with Crippen LogP contribution in [0.4, 0.5) is 5.95 Å². The van der Waals surface area contributed by atoms with E-state index in [0.717, 1.165) is 43.2 Å². The fourth-order valence-electron chi connectivity index (χ4n) is 2.48. The second-order valence-corrected chi connectivity index (χ2v) is 7.17. The fraction of sp³-hybridized carbons (Fsp3) is 0.571. The highest BCUT2D eigenvalue weighted by molar-refractivity contribution is 7.99. The van der Waals surface area contributed by atoms with Crippen LogP contribution in [0.1, 0.15) is 30.3 Å². The molecular formula is C14H20N6OS2. The zero-order valence-corrected chi connectivity index (χ0v) is 14.6. The van der Waals surface area contributed by atoms with Gasteiger partial charge in [0.15, 0.2) is 5.82 Å². The summed E-state index contributed by atoms with van der Waals surface area (Å²) in [6.07, 6.45) is 2.09. The molecule has 0 bridgehead atoms. The molecule has 0 radical (unpaired) electrons. The van der Waals surface area contributed by atoms with Crippen LogP contribution in [-0.4, -0.2) is 44.5 Å². The summed E-state index contributed by atoms with van der Waals surface area (Å²) in [5, 5.41) is 12.6. The van der Waals surface area contributed by atoms with Crippen LogP contribution in [0.3, 0.4) is 0 Å². The molecule has 3 rings (SSSR count). The summed E-state index contributed by atoms with van der Waals surface area (Å²) < 4.78 is 1.65. The number of nitrogens with one attached hydrogen (secondary N) is 2. The minimum Gasteiger partial charge on any atom is -0.317 e. The van der Waals surface area contributed by atoms with Crippen molar-refractivity contribution >= 4 is 35.0 Å². The number of thioether (sulfide) groups is 1. The molecule has 0 unspecified atom stereocenters. The van der Waals surface area contributed by atoms with Crippen LogP contribution in [0, 0.1) is 0 Å². The summed E-state index contributed by atoms with van der Waals surface area (Å²) >= 11 is 3.11. The predicted molar refractivity (Wildman–Crippen MR) is 92.8 cm³/mol. The number of anilines is 1. The summed E-state index contributed by atoms with van der Waals surface area (Å²) in [5.74, 6) is 2.81. The summed E-state index contributed by atoms with van der Waals surface area (Å²) in [6.45, 7) is 2.00. The maximum absolute atomic E-state index is 12.0. The van der Waals surface area contributed by atoms with E-state index < -0.39 is 0 Å². The number of hydrogen-bond acceptors (Lipinski definition) is 7. The van der Waals surface area contributed by atoms with Crippen molar-refractivity contribution in [3.05, 3.63) is 22.4 Å². The van der Waals surface area contributed by atoms with Gasteiger partial charge in [0.1, 0.15) is 0 Å². The number of carbonyl (C=O) groups excluding carboxylic acids is 1. The Hall–Kier alpha value is -1.45. The van der Waals surface area contributed by atoms with Crippen LogP contribution >= 0.6 is 23.1 Å². The molecule has 1 amide bonds. The van der Waals surface area contributed by atoms with Gasteiger partial charge in [0.05, 0.1) is 17.0 Å². The van der Waals surface area contributed by atoms with Crippen LogP contribution < -0.4 is 10.6 Å². The number of piperidine rings is 1. The molecule has 1 fully saturated rings. The molecule has 7 nitrogen and oxygen atoms in total. The average Bonchev–Trinajstić information content (AvgIpc) is 3.19. The largest absolute Gasteiger partial charge is 0.317 e. The number of aryl methyl sites for hydroxylation is 1. The third-order valence-electron chi connectivity index (χ3n) is 3.70. The van der Waals surface area contributed by atoms with Gasteiger partial charge in [-0.05, 0) is 25.9 Å². The molecule has 0 spiro atoms. The smallest absolute Gasteiger partial charge is 0.236 e. The first-order valence-corrected chi connectivity index (χ1v) is 9.68. The van der Waals surface area contributed by atoms with Crippen molar-refractivity contribution in [1.82, 2.24) is 25.1 Å². The third kappa shape index (κ3) is 4.52.